The zero-order valence-corrected chi connectivity index (χ0v) is 15.0. The summed E-state index contributed by atoms with van der Waals surface area (Å²) >= 11 is 0. The first-order chi connectivity index (χ1) is 11.1. The van der Waals surface area contributed by atoms with E-state index in [9.17, 15) is 23.1 Å². The molecule has 1 amide bonds. The lowest BCUT2D eigenvalue weighted by atomic mass is 9.98. The van der Waals surface area contributed by atoms with Crippen LogP contribution in [0.5, 0.6) is 0 Å². The first-order valence-electron chi connectivity index (χ1n) is 7.96. The lowest BCUT2D eigenvalue weighted by molar-refractivity contribution is -0.155. The molecular formula is C17H23NO5S. The predicted octanol–water partition coefficient (Wildman–Crippen LogP) is 1.88. The van der Waals surface area contributed by atoms with Crippen LogP contribution in [-0.2, 0) is 25.8 Å². The highest BCUT2D eigenvalue weighted by Gasteiger charge is 2.45. The molecule has 1 unspecified atom stereocenters. The van der Waals surface area contributed by atoms with E-state index < -0.39 is 26.6 Å². The van der Waals surface area contributed by atoms with E-state index >= 15 is 0 Å². The van der Waals surface area contributed by atoms with Gasteiger partial charge in [-0.2, -0.15) is 0 Å². The molecule has 24 heavy (non-hydrogen) atoms. The largest absolute Gasteiger partial charge is 0.480 e. The van der Waals surface area contributed by atoms with Crippen LogP contribution in [0.25, 0.3) is 0 Å². The molecule has 1 atom stereocenters. The maximum Gasteiger partial charge on any atom is 0.329 e. The van der Waals surface area contributed by atoms with E-state index in [4.69, 9.17) is 0 Å². The molecule has 1 aromatic carbocycles. The topological polar surface area (TPSA) is 91.8 Å². The first-order valence-corrected chi connectivity index (χ1v) is 9.50. The van der Waals surface area contributed by atoms with Crippen molar-refractivity contribution in [3.05, 3.63) is 29.8 Å². The zero-order valence-electron chi connectivity index (χ0n) is 14.2. The number of aliphatic carboxylic acids is 1. The number of nitrogens with zero attached hydrogens (tertiary/aromatic N) is 1. The molecule has 7 heteroatoms. The van der Waals surface area contributed by atoms with Gasteiger partial charge in [0.1, 0.15) is 5.54 Å². The summed E-state index contributed by atoms with van der Waals surface area (Å²) in [6, 6.07) is 6.22. The van der Waals surface area contributed by atoms with Crippen molar-refractivity contribution >= 4 is 21.7 Å². The molecular weight excluding hydrogens is 330 g/mol. The molecule has 2 rings (SSSR count). The van der Waals surface area contributed by atoms with Gasteiger partial charge in [0.2, 0.25) is 5.91 Å². The minimum absolute atomic E-state index is 0.0604. The average molecular weight is 353 g/mol. The lowest BCUT2D eigenvalue weighted by Gasteiger charge is -2.31. The Morgan fingerprint density at radius 1 is 1.25 bits per heavy atom. The summed E-state index contributed by atoms with van der Waals surface area (Å²) in [5.74, 6) is -1.25. The van der Waals surface area contributed by atoms with E-state index in [1.54, 1.807) is 32.9 Å². The van der Waals surface area contributed by atoms with Crippen LogP contribution >= 0.6 is 0 Å². The Labute approximate surface area is 142 Å². The van der Waals surface area contributed by atoms with E-state index in [-0.39, 0.29) is 17.2 Å². The second-order valence-corrected chi connectivity index (χ2v) is 9.15. The molecule has 0 aliphatic carbocycles. The summed E-state index contributed by atoms with van der Waals surface area (Å²) in [7, 11) is -3.34. The SMILES string of the molecule is CC(C)S(=O)(=O)c1ccc(CC(=O)N2CCCC2(C)C(=O)O)cc1. The molecule has 0 saturated carbocycles. The summed E-state index contributed by atoms with van der Waals surface area (Å²) in [6.07, 6.45) is 1.17. The van der Waals surface area contributed by atoms with E-state index in [0.29, 0.717) is 24.9 Å². The molecule has 1 aliphatic rings. The Bertz CT molecular complexity index is 739. The highest BCUT2D eigenvalue weighted by molar-refractivity contribution is 7.92. The maximum absolute atomic E-state index is 12.5. The van der Waals surface area contributed by atoms with Crippen LogP contribution in [0.3, 0.4) is 0 Å². The number of amides is 1. The molecule has 6 nitrogen and oxygen atoms in total. The first kappa shape index (κ1) is 18.4. The van der Waals surface area contributed by atoms with Gasteiger partial charge in [-0.1, -0.05) is 12.1 Å². The van der Waals surface area contributed by atoms with Gasteiger partial charge >= 0.3 is 5.97 Å². The third kappa shape index (κ3) is 3.31. The second-order valence-electron chi connectivity index (χ2n) is 6.64. The van der Waals surface area contributed by atoms with Gasteiger partial charge in [0.25, 0.3) is 0 Å². The van der Waals surface area contributed by atoms with Crippen molar-refractivity contribution in [1.29, 1.82) is 0 Å². The third-order valence-electron chi connectivity index (χ3n) is 4.63. The quantitative estimate of drug-likeness (QED) is 0.872. The number of hydrogen-bond donors (Lipinski definition) is 1. The van der Waals surface area contributed by atoms with Crippen molar-refractivity contribution < 1.29 is 23.1 Å². The number of benzene rings is 1. The maximum atomic E-state index is 12.5. The van der Waals surface area contributed by atoms with Gasteiger partial charge in [0, 0.05) is 6.54 Å². The molecule has 0 radical (unpaired) electrons. The normalized spacial score (nSPS) is 21.2. The number of carbonyl (C=O) groups excluding carboxylic acids is 1. The molecule has 1 saturated heterocycles. The number of likely N-dealkylation sites (tertiary alicyclic amines) is 1. The van der Waals surface area contributed by atoms with Crippen LogP contribution in [0, 0.1) is 0 Å². The highest BCUT2D eigenvalue weighted by Crippen LogP contribution is 2.30. The van der Waals surface area contributed by atoms with Crippen molar-refractivity contribution in [2.75, 3.05) is 6.54 Å². The molecule has 1 fully saturated rings. The van der Waals surface area contributed by atoms with Gasteiger partial charge in [-0.15, -0.1) is 0 Å². The van der Waals surface area contributed by atoms with Crippen LogP contribution < -0.4 is 0 Å². The molecule has 1 aromatic rings. The lowest BCUT2D eigenvalue weighted by Crippen LogP contribution is -2.51. The standard InChI is InChI=1S/C17H23NO5S/c1-12(2)24(22,23)14-7-5-13(6-8-14)11-15(19)18-10-4-9-17(18,3)16(20)21/h5-8,12H,4,9-11H2,1-3H3,(H,20,21). The number of carboxylic acids is 1. The smallest absolute Gasteiger partial charge is 0.329 e. The number of carboxylic acid groups (broad SMARTS) is 1. The van der Waals surface area contributed by atoms with Crippen LogP contribution in [-0.4, -0.2) is 47.6 Å². The van der Waals surface area contributed by atoms with Crippen LogP contribution in [0.4, 0.5) is 0 Å². The Balaban J connectivity index is 2.15. The summed E-state index contributed by atoms with van der Waals surface area (Å²) < 4.78 is 24.2. The average Bonchev–Trinajstić information content (AvgIpc) is 2.91. The summed E-state index contributed by atoms with van der Waals surface area (Å²) in [6.45, 7) is 5.24. The molecule has 0 spiro atoms. The molecule has 1 heterocycles. The van der Waals surface area contributed by atoms with E-state index in [2.05, 4.69) is 0 Å². The Hall–Kier alpha value is -1.89. The van der Waals surface area contributed by atoms with Crippen LogP contribution in [0.15, 0.2) is 29.2 Å². The van der Waals surface area contributed by atoms with E-state index in [1.807, 2.05) is 0 Å². The Kier molecular flexibility index (Phi) is 5.03. The molecule has 132 valence electrons. The van der Waals surface area contributed by atoms with E-state index in [0.717, 1.165) is 0 Å². The minimum Gasteiger partial charge on any atom is -0.480 e. The molecule has 1 aliphatic heterocycles. The van der Waals surface area contributed by atoms with Gasteiger partial charge in [0.15, 0.2) is 9.84 Å². The van der Waals surface area contributed by atoms with Crippen molar-refractivity contribution in [3.8, 4) is 0 Å². The minimum atomic E-state index is -3.34. The third-order valence-corrected chi connectivity index (χ3v) is 6.80. The summed E-state index contributed by atoms with van der Waals surface area (Å²) in [4.78, 5) is 25.6. The van der Waals surface area contributed by atoms with E-state index in [1.165, 1.54) is 17.0 Å². The molecule has 1 N–H and O–H groups in total. The van der Waals surface area contributed by atoms with Gasteiger partial charge in [-0.25, -0.2) is 13.2 Å². The van der Waals surface area contributed by atoms with Crippen molar-refractivity contribution in [3.63, 3.8) is 0 Å². The summed E-state index contributed by atoms with van der Waals surface area (Å²) in [5.41, 5.74) is -0.486. The monoisotopic (exact) mass is 353 g/mol. The fraction of sp³-hybridized carbons (Fsp3) is 0.529. The van der Waals surface area contributed by atoms with Gasteiger partial charge in [-0.05, 0) is 51.3 Å². The van der Waals surface area contributed by atoms with Gasteiger partial charge < -0.3 is 10.0 Å². The Morgan fingerprint density at radius 3 is 2.33 bits per heavy atom. The fourth-order valence-corrected chi connectivity index (χ4v) is 3.98. The zero-order chi connectivity index (χ0) is 18.1. The van der Waals surface area contributed by atoms with Crippen molar-refractivity contribution in [1.82, 2.24) is 4.90 Å². The Morgan fingerprint density at radius 2 is 1.83 bits per heavy atom. The number of rotatable bonds is 5. The fourth-order valence-electron chi connectivity index (χ4n) is 2.92. The van der Waals surface area contributed by atoms with Gasteiger partial charge in [0.05, 0.1) is 16.6 Å². The van der Waals surface area contributed by atoms with Crippen molar-refractivity contribution in [2.45, 2.75) is 55.7 Å². The van der Waals surface area contributed by atoms with Crippen molar-refractivity contribution in [2.24, 2.45) is 0 Å². The van der Waals surface area contributed by atoms with Crippen LogP contribution in [0.2, 0.25) is 0 Å². The molecule has 0 aromatic heterocycles. The number of hydrogen-bond acceptors (Lipinski definition) is 4. The predicted molar refractivity (Wildman–Crippen MR) is 89.5 cm³/mol. The van der Waals surface area contributed by atoms with Crippen LogP contribution in [0.1, 0.15) is 39.2 Å². The highest BCUT2D eigenvalue weighted by atomic mass is 32.2. The molecule has 0 bridgehead atoms. The second kappa shape index (κ2) is 6.55. The number of carbonyl (C=O) groups is 2. The summed E-state index contributed by atoms with van der Waals surface area (Å²) in [5, 5.41) is 8.87. The van der Waals surface area contributed by atoms with Gasteiger partial charge in [-0.3, -0.25) is 4.79 Å². The number of sulfone groups is 1.